The van der Waals surface area contributed by atoms with Crippen LogP contribution < -0.4 is 0 Å². The van der Waals surface area contributed by atoms with Gasteiger partial charge in [0.2, 0.25) is 0 Å². The lowest BCUT2D eigenvalue weighted by Gasteiger charge is -2.32. The van der Waals surface area contributed by atoms with E-state index >= 15 is 0 Å². The molecule has 1 saturated heterocycles. The number of hydrogen-bond acceptors (Lipinski definition) is 2. The molecule has 0 spiro atoms. The van der Waals surface area contributed by atoms with E-state index in [1.165, 1.54) is 0 Å². The van der Waals surface area contributed by atoms with Crippen LogP contribution in [-0.4, -0.2) is 38.0 Å². The van der Waals surface area contributed by atoms with E-state index in [-0.39, 0.29) is 5.91 Å². The van der Waals surface area contributed by atoms with Crippen molar-refractivity contribution in [3.05, 3.63) is 53.7 Å². The highest BCUT2D eigenvalue weighted by molar-refractivity contribution is 6.07. The Balaban J connectivity index is 1.63. The van der Waals surface area contributed by atoms with Crippen LogP contribution in [0, 0.1) is 6.92 Å². The third-order valence-corrected chi connectivity index (χ3v) is 5.47. The van der Waals surface area contributed by atoms with Crippen molar-refractivity contribution in [3.63, 3.8) is 0 Å². The smallest absolute Gasteiger partial charge is 0.256 e. The largest absolute Gasteiger partial charge is 0.347 e. The van der Waals surface area contributed by atoms with Crippen molar-refractivity contribution in [2.45, 2.75) is 39.2 Å². The molecule has 1 amide bonds. The summed E-state index contributed by atoms with van der Waals surface area (Å²) in [5.74, 6) is 1.55. The molecule has 26 heavy (non-hydrogen) atoms. The van der Waals surface area contributed by atoms with Gasteiger partial charge in [-0.1, -0.05) is 18.2 Å². The van der Waals surface area contributed by atoms with Crippen molar-refractivity contribution in [1.82, 2.24) is 19.0 Å². The maximum Gasteiger partial charge on any atom is 0.256 e. The van der Waals surface area contributed by atoms with Crippen LogP contribution >= 0.6 is 0 Å². The standard InChI is InChI=1S/C21H26N4O/c1-4-24-14-18(17-9-5-6-10-19(17)24)21(26)25-11-7-8-16(13-25)20-22-15(2)12-23(20)3/h5-6,9-10,12,14,16H,4,7-8,11,13H2,1-3H3. The molecule has 3 heterocycles. The van der Waals surface area contributed by atoms with E-state index in [0.29, 0.717) is 5.92 Å². The molecule has 0 saturated carbocycles. The van der Waals surface area contributed by atoms with Crippen LogP contribution in [0.2, 0.25) is 0 Å². The summed E-state index contributed by atoms with van der Waals surface area (Å²) in [6, 6.07) is 8.18. The first-order valence-electron chi connectivity index (χ1n) is 9.45. The van der Waals surface area contributed by atoms with Crippen LogP contribution in [0.25, 0.3) is 10.9 Å². The molecule has 5 heteroatoms. The lowest BCUT2D eigenvalue weighted by atomic mass is 9.96. The number of nitrogens with zero attached hydrogens (tertiary/aromatic N) is 4. The average Bonchev–Trinajstić information content (AvgIpc) is 3.20. The number of amides is 1. The Morgan fingerprint density at radius 3 is 2.81 bits per heavy atom. The van der Waals surface area contributed by atoms with Gasteiger partial charge in [0, 0.05) is 55.9 Å². The molecule has 0 N–H and O–H groups in total. The number of hydrogen-bond donors (Lipinski definition) is 0. The molecule has 0 aliphatic carbocycles. The Morgan fingerprint density at radius 2 is 2.08 bits per heavy atom. The maximum atomic E-state index is 13.3. The number of fused-ring (bicyclic) bond motifs is 1. The highest BCUT2D eigenvalue weighted by Crippen LogP contribution is 2.29. The van der Waals surface area contributed by atoms with Gasteiger partial charge in [0.1, 0.15) is 5.82 Å². The Morgan fingerprint density at radius 1 is 1.27 bits per heavy atom. The summed E-state index contributed by atoms with van der Waals surface area (Å²) < 4.78 is 4.27. The normalized spacial score (nSPS) is 17.8. The quantitative estimate of drug-likeness (QED) is 0.722. The summed E-state index contributed by atoms with van der Waals surface area (Å²) in [7, 11) is 2.05. The van der Waals surface area contributed by atoms with Gasteiger partial charge in [-0.25, -0.2) is 4.98 Å². The molecule has 1 aliphatic rings. The lowest BCUT2D eigenvalue weighted by molar-refractivity contribution is 0.0705. The molecule has 1 aliphatic heterocycles. The van der Waals surface area contributed by atoms with Gasteiger partial charge < -0.3 is 14.0 Å². The van der Waals surface area contributed by atoms with Crippen molar-refractivity contribution >= 4 is 16.8 Å². The molecule has 1 fully saturated rings. The number of aromatic nitrogens is 3. The van der Waals surface area contributed by atoms with Crippen LogP contribution in [0.4, 0.5) is 0 Å². The molecule has 2 aromatic heterocycles. The Labute approximate surface area is 154 Å². The molecule has 1 atom stereocenters. The monoisotopic (exact) mass is 350 g/mol. The first kappa shape index (κ1) is 16.9. The van der Waals surface area contributed by atoms with Gasteiger partial charge in [-0.05, 0) is 32.8 Å². The van der Waals surface area contributed by atoms with Gasteiger partial charge >= 0.3 is 0 Å². The second-order valence-electron chi connectivity index (χ2n) is 7.29. The maximum absolute atomic E-state index is 13.3. The summed E-state index contributed by atoms with van der Waals surface area (Å²) in [5, 5.41) is 1.05. The van der Waals surface area contributed by atoms with E-state index in [0.717, 1.165) is 60.5 Å². The minimum absolute atomic E-state index is 0.143. The summed E-state index contributed by atoms with van der Waals surface area (Å²) in [6.07, 6.45) is 6.19. The van der Waals surface area contributed by atoms with E-state index in [2.05, 4.69) is 39.4 Å². The molecule has 5 nitrogen and oxygen atoms in total. The minimum Gasteiger partial charge on any atom is -0.347 e. The fourth-order valence-corrected chi connectivity index (χ4v) is 4.24. The van der Waals surface area contributed by atoms with E-state index in [1.807, 2.05) is 37.2 Å². The zero-order chi connectivity index (χ0) is 18.3. The van der Waals surface area contributed by atoms with Gasteiger partial charge in [-0.2, -0.15) is 0 Å². The van der Waals surface area contributed by atoms with Gasteiger partial charge in [0.05, 0.1) is 11.3 Å². The van der Waals surface area contributed by atoms with Gasteiger partial charge in [-0.3, -0.25) is 4.79 Å². The molecular weight excluding hydrogens is 324 g/mol. The molecule has 4 rings (SSSR count). The lowest BCUT2D eigenvalue weighted by Crippen LogP contribution is -2.39. The van der Waals surface area contributed by atoms with Crippen molar-refractivity contribution in [2.75, 3.05) is 13.1 Å². The predicted molar refractivity (Wildman–Crippen MR) is 103 cm³/mol. The van der Waals surface area contributed by atoms with Crippen LogP contribution in [-0.2, 0) is 13.6 Å². The topological polar surface area (TPSA) is 43.1 Å². The molecule has 1 unspecified atom stereocenters. The predicted octanol–water partition coefficient (Wildman–Crippen LogP) is 3.72. The zero-order valence-corrected chi connectivity index (χ0v) is 15.8. The number of para-hydroxylation sites is 1. The fraction of sp³-hybridized carbons (Fsp3) is 0.429. The molecule has 0 bridgehead atoms. The number of rotatable bonds is 3. The number of imidazole rings is 1. The fourth-order valence-electron chi connectivity index (χ4n) is 4.24. The van der Waals surface area contributed by atoms with Crippen molar-refractivity contribution < 1.29 is 4.79 Å². The summed E-state index contributed by atoms with van der Waals surface area (Å²) >= 11 is 0. The van der Waals surface area contributed by atoms with Gasteiger partial charge in [0.15, 0.2) is 0 Å². The SMILES string of the molecule is CCn1cc(C(=O)N2CCCC(c3nc(C)cn3C)C2)c2ccccc21. The first-order valence-corrected chi connectivity index (χ1v) is 9.45. The van der Waals surface area contributed by atoms with Crippen LogP contribution in [0.1, 0.15) is 47.6 Å². The average molecular weight is 350 g/mol. The van der Waals surface area contributed by atoms with Gasteiger partial charge in [-0.15, -0.1) is 0 Å². The molecule has 0 radical (unpaired) electrons. The van der Waals surface area contributed by atoms with Crippen LogP contribution in [0.3, 0.4) is 0 Å². The number of piperidine rings is 1. The second-order valence-corrected chi connectivity index (χ2v) is 7.29. The van der Waals surface area contributed by atoms with Crippen molar-refractivity contribution in [1.29, 1.82) is 0 Å². The highest BCUT2D eigenvalue weighted by atomic mass is 16.2. The Bertz CT molecular complexity index is 952. The molecular formula is C21H26N4O. The molecule has 136 valence electrons. The van der Waals surface area contributed by atoms with E-state index in [1.54, 1.807) is 0 Å². The minimum atomic E-state index is 0.143. The number of carbonyl (C=O) groups excluding carboxylic acids is 1. The number of benzene rings is 1. The first-order chi connectivity index (χ1) is 12.6. The Hall–Kier alpha value is -2.56. The third kappa shape index (κ3) is 2.81. The van der Waals surface area contributed by atoms with E-state index in [4.69, 9.17) is 0 Å². The van der Waals surface area contributed by atoms with Gasteiger partial charge in [0.25, 0.3) is 5.91 Å². The van der Waals surface area contributed by atoms with Crippen molar-refractivity contribution in [2.24, 2.45) is 7.05 Å². The van der Waals surface area contributed by atoms with E-state index in [9.17, 15) is 4.79 Å². The zero-order valence-electron chi connectivity index (χ0n) is 15.8. The summed E-state index contributed by atoms with van der Waals surface area (Å²) in [5.41, 5.74) is 2.99. The number of likely N-dealkylation sites (tertiary alicyclic amines) is 1. The highest BCUT2D eigenvalue weighted by Gasteiger charge is 2.29. The molecule has 1 aromatic carbocycles. The van der Waals surface area contributed by atoms with Crippen LogP contribution in [0.15, 0.2) is 36.7 Å². The Kier molecular flexibility index (Phi) is 4.31. The summed E-state index contributed by atoms with van der Waals surface area (Å²) in [6.45, 7) is 6.57. The number of carbonyl (C=O) groups is 1. The van der Waals surface area contributed by atoms with Crippen LogP contribution in [0.5, 0.6) is 0 Å². The summed E-state index contributed by atoms with van der Waals surface area (Å²) in [4.78, 5) is 20.0. The number of aryl methyl sites for hydroxylation is 3. The third-order valence-electron chi connectivity index (χ3n) is 5.47. The van der Waals surface area contributed by atoms with E-state index < -0.39 is 0 Å². The van der Waals surface area contributed by atoms with Crippen molar-refractivity contribution in [3.8, 4) is 0 Å². The molecule has 3 aromatic rings. The second kappa shape index (κ2) is 6.63.